The van der Waals surface area contributed by atoms with Crippen LogP contribution >= 0.6 is 0 Å². The second kappa shape index (κ2) is 7.92. The summed E-state index contributed by atoms with van der Waals surface area (Å²) in [6.45, 7) is 1.93. The van der Waals surface area contributed by atoms with Crippen LogP contribution in [0.2, 0.25) is 0 Å². The zero-order chi connectivity index (χ0) is 22.2. The van der Waals surface area contributed by atoms with E-state index in [1.54, 1.807) is 71.6 Å². The Morgan fingerprint density at radius 3 is 2.03 bits per heavy atom. The van der Waals surface area contributed by atoms with Crippen molar-refractivity contribution >= 4 is 29.1 Å². The van der Waals surface area contributed by atoms with Crippen LogP contribution in [0.3, 0.4) is 0 Å². The molecule has 3 aromatic rings. The van der Waals surface area contributed by atoms with Crippen LogP contribution in [-0.4, -0.2) is 48.8 Å². The van der Waals surface area contributed by atoms with Gasteiger partial charge < -0.3 is 9.80 Å². The number of amides is 3. The van der Waals surface area contributed by atoms with Crippen molar-refractivity contribution in [1.29, 1.82) is 0 Å². The minimum atomic E-state index is -0.395. The fourth-order valence-electron chi connectivity index (χ4n) is 4.24. The number of hydrogen-bond donors (Lipinski definition) is 0. The number of carbonyl (C=O) groups is 3. The van der Waals surface area contributed by atoms with Crippen molar-refractivity contribution in [3.8, 4) is 0 Å². The molecule has 32 heavy (non-hydrogen) atoms. The van der Waals surface area contributed by atoms with E-state index < -0.39 is 11.8 Å². The summed E-state index contributed by atoms with van der Waals surface area (Å²) < 4.78 is 14.1. The van der Waals surface area contributed by atoms with Crippen LogP contribution in [0.1, 0.15) is 31.1 Å². The minimum absolute atomic E-state index is 0.184. The molecular weight excluding hydrogens is 409 g/mol. The van der Waals surface area contributed by atoms with E-state index in [1.807, 2.05) is 4.90 Å². The molecule has 0 saturated carbocycles. The number of halogens is 1. The van der Waals surface area contributed by atoms with E-state index in [2.05, 4.69) is 0 Å². The third-order valence-electron chi connectivity index (χ3n) is 5.91. The predicted octanol–water partition coefficient (Wildman–Crippen LogP) is 3.59. The van der Waals surface area contributed by atoms with E-state index in [1.165, 1.54) is 6.07 Å². The lowest BCUT2D eigenvalue weighted by Crippen LogP contribution is -2.49. The van der Waals surface area contributed by atoms with E-state index in [0.717, 1.165) is 4.90 Å². The number of imide groups is 1. The normalized spacial score (nSPS) is 15.8. The van der Waals surface area contributed by atoms with Gasteiger partial charge in [-0.1, -0.05) is 30.3 Å². The van der Waals surface area contributed by atoms with Gasteiger partial charge in [0, 0.05) is 31.7 Å². The molecule has 0 bridgehead atoms. The Kier molecular flexibility index (Phi) is 4.93. The number of carbonyl (C=O) groups excluding carboxylic acids is 3. The molecule has 0 N–H and O–H groups in total. The number of rotatable bonds is 3. The van der Waals surface area contributed by atoms with Gasteiger partial charge in [-0.05, 0) is 42.5 Å². The molecule has 0 unspecified atom stereocenters. The summed E-state index contributed by atoms with van der Waals surface area (Å²) in [5.74, 6) is -1.25. The number of fused-ring (bicyclic) bond motifs is 1. The Balaban J connectivity index is 1.32. The van der Waals surface area contributed by atoms with Gasteiger partial charge in [-0.3, -0.25) is 14.4 Å². The van der Waals surface area contributed by atoms with Crippen LogP contribution in [-0.2, 0) is 0 Å². The molecule has 7 heteroatoms. The van der Waals surface area contributed by atoms with Crippen LogP contribution in [0, 0.1) is 5.82 Å². The van der Waals surface area contributed by atoms with E-state index >= 15 is 0 Å². The van der Waals surface area contributed by atoms with Crippen LogP contribution in [0.25, 0.3) is 0 Å². The smallest absolute Gasteiger partial charge is 0.266 e. The summed E-state index contributed by atoms with van der Waals surface area (Å²) in [6.07, 6.45) is 0. The van der Waals surface area contributed by atoms with Gasteiger partial charge in [0.25, 0.3) is 17.7 Å². The zero-order valence-electron chi connectivity index (χ0n) is 17.2. The number of anilines is 2. The molecule has 1 saturated heterocycles. The van der Waals surface area contributed by atoms with Crippen LogP contribution in [0.4, 0.5) is 15.8 Å². The number of hydrogen-bond acceptors (Lipinski definition) is 4. The summed E-state index contributed by atoms with van der Waals surface area (Å²) >= 11 is 0. The van der Waals surface area contributed by atoms with Crippen molar-refractivity contribution < 1.29 is 18.8 Å². The molecule has 0 aromatic heterocycles. The Morgan fingerprint density at radius 2 is 1.38 bits per heavy atom. The van der Waals surface area contributed by atoms with Gasteiger partial charge in [-0.15, -0.1) is 0 Å². The van der Waals surface area contributed by atoms with Gasteiger partial charge in [0.15, 0.2) is 0 Å². The second-order valence-corrected chi connectivity index (χ2v) is 7.77. The maximum absolute atomic E-state index is 14.1. The summed E-state index contributed by atoms with van der Waals surface area (Å²) in [4.78, 5) is 43.4. The number of benzene rings is 3. The number of para-hydroxylation sites is 1. The van der Waals surface area contributed by atoms with Gasteiger partial charge in [0.1, 0.15) is 5.82 Å². The first-order chi connectivity index (χ1) is 15.5. The molecule has 2 aliphatic rings. The minimum Gasteiger partial charge on any atom is -0.366 e. The lowest BCUT2D eigenvalue weighted by molar-refractivity contribution is 0.0745. The van der Waals surface area contributed by atoms with E-state index in [0.29, 0.717) is 54.2 Å². The first-order valence-corrected chi connectivity index (χ1v) is 10.4. The standard InChI is InChI=1S/C25H20FN3O3/c26-21-10-3-4-11-22(21)27-12-14-28(15-13-27)23(30)17-6-5-7-18(16-17)29-24(31)19-8-1-2-9-20(19)25(29)32/h1-11,16H,12-15H2. The fraction of sp³-hybridized carbons (Fsp3) is 0.160. The molecule has 3 amide bonds. The van der Waals surface area contributed by atoms with Gasteiger partial charge in [0.2, 0.25) is 0 Å². The molecule has 0 radical (unpaired) electrons. The van der Waals surface area contributed by atoms with Crippen LogP contribution < -0.4 is 9.80 Å². The average Bonchev–Trinajstić information content (AvgIpc) is 3.09. The largest absolute Gasteiger partial charge is 0.366 e. The molecule has 5 rings (SSSR count). The summed E-state index contributed by atoms with van der Waals surface area (Å²) in [5, 5.41) is 0. The summed E-state index contributed by atoms with van der Waals surface area (Å²) in [7, 11) is 0. The molecule has 160 valence electrons. The lowest BCUT2D eigenvalue weighted by Gasteiger charge is -2.36. The average molecular weight is 429 g/mol. The molecule has 3 aromatic carbocycles. The lowest BCUT2D eigenvalue weighted by atomic mass is 10.1. The van der Waals surface area contributed by atoms with Gasteiger partial charge in [-0.25, -0.2) is 9.29 Å². The monoisotopic (exact) mass is 429 g/mol. The van der Waals surface area contributed by atoms with Crippen LogP contribution in [0.5, 0.6) is 0 Å². The van der Waals surface area contributed by atoms with Crippen molar-refractivity contribution in [2.24, 2.45) is 0 Å². The topological polar surface area (TPSA) is 60.9 Å². The first kappa shape index (κ1) is 19.9. The molecule has 2 heterocycles. The Labute approximate surface area is 184 Å². The van der Waals surface area contributed by atoms with Crippen molar-refractivity contribution in [1.82, 2.24) is 4.90 Å². The Hall–Kier alpha value is -4.00. The number of piperazine rings is 1. The molecule has 1 fully saturated rings. The van der Waals surface area contributed by atoms with Crippen molar-refractivity contribution in [2.45, 2.75) is 0 Å². The highest BCUT2D eigenvalue weighted by molar-refractivity contribution is 6.34. The molecule has 2 aliphatic heterocycles. The highest BCUT2D eigenvalue weighted by atomic mass is 19.1. The van der Waals surface area contributed by atoms with E-state index in [-0.39, 0.29) is 11.7 Å². The molecular formula is C25H20FN3O3. The maximum Gasteiger partial charge on any atom is 0.266 e. The van der Waals surface area contributed by atoms with Gasteiger partial charge in [-0.2, -0.15) is 0 Å². The summed E-state index contributed by atoms with van der Waals surface area (Å²) in [6, 6.07) is 19.9. The maximum atomic E-state index is 14.1. The number of nitrogens with zero attached hydrogens (tertiary/aromatic N) is 3. The Bertz CT molecular complexity index is 1200. The summed E-state index contributed by atoms with van der Waals surface area (Å²) in [5.41, 5.74) is 2.02. The van der Waals surface area contributed by atoms with E-state index in [4.69, 9.17) is 0 Å². The van der Waals surface area contributed by atoms with Crippen LogP contribution in [0.15, 0.2) is 72.8 Å². The predicted molar refractivity (Wildman–Crippen MR) is 119 cm³/mol. The quantitative estimate of drug-likeness (QED) is 0.597. The van der Waals surface area contributed by atoms with Gasteiger partial charge >= 0.3 is 0 Å². The Morgan fingerprint density at radius 1 is 0.750 bits per heavy atom. The zero-order valence-corrected chi connectivity index (χ0v) is 17.2. The van der Waals surface area contributed by atoms with Crippen molar-refractivity contribution in [3.63, 3.8) is 0 Å². The third-order valence-corrected chi connectivity index (χ3v) is 5.91. The van der Waals surface area contributed by atoms with Gasteiger partial charge in [0.05, 0.1) is 22.5 Å². The molecule has 0 aliphatic carbocycles. The SMILES string of the molecule is O=C(c1cccc(N2C(=O)c3ccccc3C2=O)c1)N1CCN(c2ccccc2F)CC1. The van der Waals surface area contributed by atoms with Crippen molar-refractivity contribution in [2.75, 3.05) is 36.0 Å². The second-order valence-electron chi connectivity index (χ2n) is 7.77. The fourth-order valence-corrected chi connectivity index (χ4v) is 4.24. The van der Waals surface area contributed by atoms with E-state index in [9.17, 15) is 18.8 Å². The molecule has 0 spiro atoms. The molecule has 6 nitrogen and oxygen atoms in total. The first-order valence-electron chi connectivity index (χ1n) is 10.4. The van der Waals surface area contributed by atoms with Crippen molar-refractivity contribution in [3.05, 3.63) is 95.3 Å². The highest BCUT2D eigenvalue weighted by Gasteiger charge is 2.36. The highest BCUT2D eigenvalue weighted by Crippen LogP contribution is 2.29. The molecule has 0 atom stereocenters. The third kappa shape index (κ3) is 3.32.